The molecular formula is C30H25ClF2N2O7. The number of aliphatic carboxylic acids is 1. The number of allylic oxidation sites excluding steroid dienone is 2. The number of fused-ring (bicyclic) bond motifs is 4. The standard InChI is InChI=1S/C30H25ClF2N2O7/c1-30-18(27(40)35(29(30)42)14-3-6-20(32)19(31)11-14)12-17-15(25(30)13-2-7-22(36)21(33)10-13)4-5-16-24(17)28(41)34(26(16)39)9-8-23(37)38/h2-4,6-7,10-11,16-18,24-25,36H,5,8-9,12H2,1H3,(H,37,38). The maximum atomic E-state index is 14.7. The van der Waals surface area contributed by atoms with E-state index in [0.29, 0.717) is 11.1 Å². The number of likely N-dealkylation sites (tertiary alicyclic amines) is 1. The van der Waals surface area contributed by atoms with Crippen molar-refractivity contribution in [3.8, 4) is 5.75 Å². The molecule has 12 heteroatoms. The Kier molecular flexibility index (Phi) is 6.49. The number of hydrogen-bond donors (Lipinski definition) is 2. The van der Waals surface area contributed by atoms with Crippen molar-refractivity contribution in [1.29, 1.82) is 0 Å². The zero-order valence-electron chi connectivity index (χ0n) is 22.2. The number of nitrogens with zero attached hydrogens (tertiary/aromatic N) is 2. The average Bonchev–Trinajstić information content (AvgIpc) is 3.30. The van der Waals surface area contributed by atoms with Crippen molar-refractivity contribution in [2.45, 2.75) is 32.1 Å². The highest BCUT2D eigenvalue weighted by Gasteiger charge is 2.67. The number of phenols is 1. The van der Waals surface area contributed by atoms with Crippen LogP contribution in [0.4, 0.5) is 14.5 Å². The molecular weight excluding hydrogens is 574 g/mol. The van der Waals surface area contributed by atoms with Gasteiger partial charge >= 0.3 is 5.97 Å². The third-order valence-corrected chi connectivity index (χ3v) is 9.67. The Morgan fingerprint density at radius 1 is 1.02 bits per heavy atom. The zero-order valence-corrected chi connectivity index (χ0v) is 23.0. The number of benzene rings is 2. The highest BCUT2D eigenvalue weighted by molar-refractivity contribution is 6.31. The molecule has 42 heavy (non-hydrogen) atoms. The van der Waals surface area contributed by atoms with Gasteiger partial charge in [0.05, 0.1) is 40.3 Å². The molecule has 0 spiro atoms. The molecule has 9 nitrogen and oxygen atoms in total. The van der Waals surface area contributed by atoms with Gasteiger partial charge in [0.15, 0.2) is 11.6 Å². The number of imide groups is 2. The number of rotatable bonds is 5. The fourth-order valence-electron chi connectivity index (χ4n) is 7.46. The molecule has 2 aliphatic carbocycles. The Bertz CT molecular complexity index is 1630. The Labute approximate surface area is 243 Å². The van der Waals surface area contributed by atoms with Crippen LogP contribution in [0.1, 0.15) is 37.7 Å². The van der Waals surface area contributed by atoms with Crippen molar-refractivity contribution >= 4 is 46.9 Å². The van der Waals surface area contributed by atoms with E-state index in [2.05, 4.69) is 0 Å². The summed E-state index contributed by atoms with van der Waals surface area (Å²) in [4.78, 5) is 68.1. The Balaban J connectivity index is 1.48. The summed E-state index contributed by atoms with van der Waals surface area (Å²) >= 11 is 5.97. The summed E-state index contributed by atoms with van der Waals surface area (Å²) in [7, 11) is 0. The minimum Gasteiger partial charge on any atom is -0.505 e. The highest BCUT2D eigenvalue weighted by atomic mass is 35.5. The summed E-state index contributed by atoms with van der Waals surface area (Å²) in [5.74, 6) is -9.93. The van der Waals surface area contributed by atoms with Gasteiger partial charge in [0.1, 0.15) is 5.82 Å². The smallest absolute Gasteiger partial charge is 0.305 e. The molecule has 2 aromatic carbocycles. The molecule has 2 aromatic rings. The summed E-state index contributed by atoms with van der Waals surface area (Å²) in [6.07, 6.45) is 1.52. The predicted molar refractivity (Wildman–Crippen MR) is 143 cm³/mol. The number of carbonyl (C=O) groups is 5. The molecule has 0 aromatic heterocycles. The summed E-state index contributed by atoms with van der Waals surface area (Å²) in [6.45, 7) is 1.31. The number of anilines is 1. The van der Waals surface area contributed by atoms with Crippen LogP contribution in [0.5, 0.6) is 5.75 Å². The SMILES string of the molecule is CC12C(=O)N(c3ccc(F)c(Cl)c3)C(=O)C1CC1C(=CCC3C(=O)N(CCC(=O)O)C(=O)C31)C2c1ccc(O)c(F)c1. The molecule has 4 aliphatic rings. The fourth-order valence-corrected chi connectivity index (χ4v) is 7.64. The number of halogens is 3. The summed E-state index contributed by atoms with van der Waals surface area (Å²) in [6, 6.07) is 7.16. The van der Waals surface area contributed by atoms with Crippen molar-refractivity contribution < 1.29 is 43.0 Å². The summed E-state index contributed by atoms with van der Waals surface area (Å²) < 4.78 is 28.7. The molecule has 0 radical (unpaired) electrons. The third-order valence-electron chi connectivity index (χ3n) is 9.38. The normalized spacial score (nSPS) is 30.3. The second-order valence-electron chi connectivity index (χ2n) is 11.4. The van der Waals surface area contributed by atoms with Gasteiger partial charge in [-0.2, -0.15) is 0 Å². The average molecular weight is 599 g/mol. The molecule has 6 atom stereocenters. The van der Waals surface area contributed by atoms with Gasteiger partial charge in [-0.3, -0.25) is 28.9 Å². The van der Waals surface area contributed by atoms with Crippen LogP contribution in [0.15, 0.2) is 48.0 Å². The molecule has 3 fully saturated rings. The second-order valence-corrected chi connectivity index (χ2v) is 11.8. The number of phenolic OH excluding ortho intramolecular Hbond substituents is 1. The first kappa shape index (κ1) is 28.0. The zero-order chi connectivity index (χ0) is 30.2. The minimum atomic E-state index is -1.47. The molecule has 6 rings (SSSR count). The maximum absolute atomic E-state index is 14.7. The van der Waals surface area contributed by atoms with Gasteiger partial charge < -0.3 is 10.2 Å². The lowest BCUT2D eigenvalue weighted by Gasteiger charge is -2.49. The first-order valence-corrected chi connectivity index (χ1v) is 13.8. The monoisotopic (exact) mass is 598 g/mol. The van der Waals surface area contributed by atoms with E-state index in [1.54, 1.807) is 13.0 Å². The van der Waals surface area contributed by atoms with E-state index < -0.39 is 88.4 Å². The number of hydrogen-bond acceptors (Lipinski definition) is 6. The summed E-state index contributed by atoms with van der Waals surface area (Å²) in [5.41, 5.74) is -0.511. The second kappa shape index (κ2) is 9.72. The molecule has 6 unspecified atom stereocenters. The van der Waals surface area contributed by atoms with Crippen molar-refractivity contribution in [1.82, 2.24) is 4.90 Å². The number of carbonyl (C=O) groups excluding carboxylic acids is 4. The molecule has 2 N–H and O–H groups in total. The van der Waals surface area contributed by atoms with Gasteiger partial charge in [0.2, 0.25) is 23.6 Å². The van der Waals surface area contributed by atoms with E-state index in [-0.39, 0.29) is 30.1 Å². The Hall–Kier alpha value is -4.12. The van der Waals surface area contributed by atoms with Crippen LogP contribution in [-0.4, -0.2) is 51.3 Å². The van der Waals surface area contributed by atoms with Crippen LogP contribution < -0.4 is 4.90 Å². The fraction of sp³-hybridized carbons (Fsp3) is 0.367. The van der Waals surface area contributed by atoms with Crippen molar-refractivity contribution in [2.75, 3.05) is 11.4 Å². The first-order valence-electron chi connectivity index (χ1n) is 13.4. The maximum Gasteiger partial charge on any atom is 0.305 e. The van der Waals surface area contributed by atoms with Gasteiger partial charge in [-0.1, -0.05) is 29.3 Å². The molecule has 218 valence electrons. The van der Waals surface area contributed by atoms with Crippen molar-refractivity contribution in [3.63, 3.8) is 0 Å². The van der Waals surface area contributed by atoms with Crippen LogP contribution in [0.2, 0.25) is 5.02 Å². The van der Waals surface area contributed by atoms with E-state index in [1.165, 1.54) is 18.2 Å². The molecule has 4 amide bonds. The molecule has 2 heterocycles. The molecule has 2 saturated heterocycles. The largest absolute Gasteiger partial charge is 0.505 e. The van der Waals surface area contributed by atoms with Gasteiger partial charge in [-0.15, -0.1) is 0 Å². The lowest BCUT2D eigenvalue weighted by Crippen LogP contribution is -2.48. The lowest BCUT2D eigenvalue weighted by atomic mass is 9.51. The molecule has 2 aliphatic heterocycles. The minimum absolute atomic E-state index is 0.0301. The van der Waals surface area contributed by atoms with E-state index in [9.17, 15) is 37.9 Å². The lowest BCUT2D eigenvalue weighted by molar-refractivity contribution is -0.142. The molecule has 1 saturated carbocycles. The van der Waals surface area contributed by atoms with Crippen molar-refractivity contribution in [2.24, 2.45) is 29.1 Å². The van der Waals surface area contributed by atoms with E-state index >= 15 is 0 Å². The van der Waals surface area contributed by atoms with Crippen molar-refractivity contribution in [3.05, 3.63) is 70.3 Å². The highest BCUT2D eigenvalue weighted by Crippen LogP contribution is 2.63. The van der Waals surface area contributed by atoms with E-state index in [4.69, 9.17) is 16.7 Å². The van der Waals surface area contributed by atoms with E-state index in [0.717, 1.165) is 28.0 Å². The number of aromatic hydroxyl groups is 1. The number of amides is 4. The van der Waals surface area contributed by atoms with Gasteiger partial charge in [-0.05, 0) is 61.6 Å². The number of carboxylic acid groups (broad SMARTS) is 1. The van der Waals surface area contributed by atoms with Crippen LogP contribution in [-0.2, 0) is 24.0 Å². The van der Waals surface area contributed by atoms with Gasteiger partial charge in [0, 0.05) is 12.5 Å². The Morgan fingerprint density at radius 3 is 2.43 bits per heavy atom. The predicted octanol–water partition coefficient (Wildman–Crippen LogP) is 4.03. The topological polar surface area (TPSA) is 132 Å². The summed E-state index contributed by atoms with van der Waals surface area (Å²) in [5, 5.41) is 18.7. The van der Waals surface area contributed by atoms with Crippen LogP contribution in [0.3, 0.4) is 0 Å². The molecule has 0 bridgehead atoms. The van der Waals surface area contributed by atoms with Crippen LogP contribution in [0, 0.1) is 40.7 Å². The van der Waals surface area contributed by atoms with Crippen LogP contribution in [0.25, 0.3) is 0 Å². The van der Waals surface area contributed by atoms with E-state index in [1.807, 2.05) is 0 Å². The quantitative estimate of drug-likeness (QED) is 0.392. The van der Waals surface area contributed by atoms with Gasteiger partial charge in [0.25, 0.3) is 0 Å². The first-order chi connectivity index (χ1) is 19.9. The Morgan fingerprint density at radius 2 is 1.76 bits per heavy atom. The number of carboxylic acids is 1. The van der Waals surface area contributed by atoms with Crippen LogP contribution >= 0.6 is 11.6 Å². The third kappa shape index (κ3) is 3.89. The van der Waals surface area contributed by atoms with Gasteiger partial charge in [-0.25, -0.2) is 13.7 Å².